The highest BCUT2D eigenvalue weighted by Crippen LogP contribution is 2.20. The predicted molar refractivity (Wildman–Crippen MR) is 126 cm³/mol. The molecule has 0 bridgehead atoms. The van der Waals surface area contributed by atoms with Gasteiger partial charge in [-0.3, -0.25) is 25.2 Å². The van der Waals surface area contributed by atoms with Crippen molar-refractivity contribution in [2.75, 3.05) is 11.8 Å². The lowest BCUT2D eigenvalue weighted by molar-refractivity contribution is -0.117. The number of sulfonamides is 1. The van der Waals surface area contributed by atoms with Crippen molar-refractivity contribution in [1.82, 2.24) is 10.9 Å². The second kappa shape index (κ2) is 10.7. The minimum Gasteiger partial charge on any atom is -0.497 e. The number of nitrogens with one attached hydrogen (secondary N) is 3. The molecule has 0 aliphatic carbocycles. The molecule has 0 aliphatic heterocycles. The Hall–Kier alpha value is -3.82. The van der Waals surface area contributed by atoms with Crippen LogP contribution in [0.2, 0.25) is 5.02 Å². The van der Waals surface area contributed by atoms with Crippen LogP contribution < -0.4 is 20.3 Å². The van der Waals surface area contributed by atoms with Crippen molar-refractivity contribution < 1.29 is 22.7 Å². The first-order chi connectivity index (χ1) is 15.8. The predicted octanol–water partition coefficient (Wildman–Crippen LogP) is 3.62. The van der Waals surface area contributed by atoms with Crippen LogP contribution in [0.15, 0.2) is 83.8 Å². The number of carbonyl (C=O) groups is 2. The third-order valence-corrected chi connectivity index (χ3v) is 5.94. The van der Waals surface area contributed by atoms with Gasteiger partial charge in [0.05, 0.1) is 12.0 Å². The number of rotatable bonds is 7. The first-order valence-electron chi connectivity index (χ1n) is 9.58. The van der Waals surface area contributed by atoms with E-state index in [0.717, 1.165) is 0 Å². The molecular weight excluding hydrogens is 466 g/mol. The topological polar surface area (TPSA) is 114 Å². The van der Waals surface area contributed by atoms with Gasteiger partial charge in [0.1, 0.15) is 5.75 Å². The summed E-state index contributed by atoms with van der Waals surface area (Å²) >= 11 is 5.89. The molecule has 0 fully saturated rings. The van der Waals surface area contributed by atoms with Crippen molar-refractivity contribution in [3.05, 3.63) is 95.0 Å². The van der Waals surface area contributed by atoms with Crippen LogP contribution in [0.3, 0.4) is 0 Å². The van der Waals surface area contributed by atoms with E-state index in [1.807, 2.05) is 0 Å². The largest absolute Gasteiger partial charge is 0.497 e. The van der Waals surface area contributed by atoms with Crippen molar-refractivity contribution in [3.63, 3.8) is 0 Å². The number of anilines is 1. The average molecular weight is 486 g/mol. The number of methoxy groups -OCH3 is 1. The van der Waals surface area contributed by atoms with Gasteiger partial charge >= 0.3 is 0 Å². The molecule has 10 heteroatoms. The summed E-state index contributed by atoms with van der Waals surface area (Å²) in [5.74, 6) is -0.671. The number of amides is 2. The summed E-state index contributed by atoms with van der Waals surface area (Å²) in [6, 6.07) is 18.6. The Labute approximate surface area is 196 Å². The van der Waals surface area contributed by atoms with Gasteiger partial charge in [-0.15, -0.1) is 0 Å². The van der Waals surface area contributed by atoms with E-state index in [9.17, 15) is 18.0 Å². The highest BCUT2D eigenvalue weighted by molar-refractivity contribution is 7.92. The van der Waals surface area contributed by atoms with Crippen LogP contribution in [0.5, 0.6) is 5.75 Å². The Kier molecular flexibility index (Phi) is 7.70. The quantitative estimate of drug-likeness (QED) is 0.349. The van der Waals surface area contributed by atoms with E-state index in [1.54, 1.807) is 48.5 Å². The van der Waals surface area contributed by atoms with Gasteiger partial charge in [-0.25, -0.2) is 8.42 Å². The van der Waals surface area contributed by atoms with Gasteiger partial charge in [-0.2, -0.15) is 0 Å². The molecule has 3 aromatic rings. The summed E-state index contributed by atoms with van der Waals surface area (Å²) in [6.45, 7) is 0. The lowest BCUT2D eigenvalue weighted by Gasteiger charge is -2.10. The smallest absolute Gasteiger partial charge is 0.269 e. The Morgan fingerprint density at radius 1 is 0.939 bits per heavy atom. The molecule has 0 unspecified atom stereocenters. The van der Waals surface area contributed by atoms with Crippen LogP contribution >= 0.6 is 11.6 Å². The SMILES string of the molecule is COc1ccc(NS(=O)(=O)c2cccc(C(=O)NNC(=O)/C=C/c3cccc(Cl)c3)c2)cc1. The molecule has 170 valence electrons. The van der Waals surface area contributed by atoms with E-state index in [0.29, 0.717) is 22.0 Å². The number of ether oxygens (including phenoxy) is 1. The summed E-state index contributed by atoms with van der Waals surface area (Å²) in [7, 11) is -2.44. The summed E-state index contributed by atoms with van der Waals surface area (Å²) in [5, 5.41) is 0.530. The molecule has 0 atom stereocenters. The lowest BCUT2D eigenvalue weighted by Crippen LogP contribution is -2.40. The van der Waals surface area contributed by atoms with E-state index in [-0.39, 0.29) is 10.5 Å². The maximum atomic E-state index is 12.7. The van der Waals surface area contributed by atoms with Crippen LogP contribution in [-0.4, -0.2) is 27.3 Å². The van der Waals surface area contributed by atoms with Gasteiger partial charge in [0.2, 0.25) is 0 Å². The first-order valence-corrected chi connectivity index (χ1v) is 11.4. The van der Waals surface area contributed by atoms with E-state index in [1.165, 1.54) is 43.5 Å². The van der Waals surface area contributed by atoms with Crippen LogP contribution in [0, 0.1) is 0 Å². The van der Waals surface area contributed by atoms with Gasteiger partial charge in [0.25, 0.3) is 21.8 Å². The molecule has 0 spiro atoms. The van der Waals surface area contributed by atoms with Gasteiger partial charge in [0.15, 0.2) is 0 Å². The molecule has 0 saturated heterocycles. The van der Waals surface area contributed by atoms with Gasteiger partial charge in [0, 0.05) is 22.3 Å². The molecular formula is C23H20ClN3O5S. The van der Waals surface area contributed by atoms with Crippen molar-refractivity contribution in [3.8, 4) is 5.75 Å². The summed E-state index contributed by atoms with van der Waals surface area (Å²) in [5.41, 5.74) is 5.58. The molecule has 33 heavy (non-hydrogen) atoms. The van der Waals surface area contributed by atoms with Crippen molar-refractivity contribution in [2.24, 2.45) is 0 Å². The highest BCUT2D eigenvalue weighted by atomic mass is 35.5. The Bertz CT molecular complexity index is 1290. The first kappa shape index (κ1) is 23.8. The van der Waals surface area contributed by atoms with Crippen LogP contribution in [0.1, 0.15) is 15.9 Å². The van der Waals surface area contributed by atoms with E-state index >= 15 is 0 Å². The van der Waals surface area contributed by atoms with Crippen molar-refractivity contribution in [2.45, 2.75) is 4.90 Å². The number of hydrogen-bond donors (Lipinski definition) is 3. The second-order valence-electron chi connectivity index (χ2n) is 6.69. The molecule has 8 nitrogen and oxygen atoms in total. The number of halogens is 1. The highest BCUT2D eigenvalue weighted by Gasteiger charge is 2.17. The maximum Gasteiger partial charge on any atom is 0.269 e. The van der Waals surface area contributed by atoms with Gasteiger partial charge < -0.3 is 4.74 Å². The Morgan fingerprint density at radius 3 is 2.36 bits per heavy atom. The van der Waals surface area contributed by atoms with E-state index in [4.69, 9.17) is 16.3 Å². The minimum atomic E-state index is -3.94. The molecule has 3 N–H and O–H groups in total. The monoisotopic (exact) mass is 485 g/mol. The molecule has 0 aromatic heterocycles. The molecule has 3 aromatic carbocycles. The van der Waals surface area contributed by atoms with E-state index < -0.39 is 21.8 Å². The third-order valence-electron chi connectivity index (χ3n) is 4.32. The number of hydrazine groups is 1. The molecule has 3 rings (SSSR count). The summed E-state index contributed by atoms with van der Waals surface area (Å²) < 4.78 is 32.8. The molecule has 0 aliphatic rings. The molecule has 2 amide bonds. The fourth-order valence-electron chi connectivity index (χ4n) is 2.69. The van der Waals surface area contributed by atoms with Crippen molar-refractivity contribution in [1.29, 1.82) is 0 Å². The van der Waals surface area contributed by atoms with Gasteiger partial charge in [-0.05, 0) is 66.2 Å². The van der Waals surface area contributed by atoms with Crippen LogP contribution in [-0.2, 0) is 14.8 Å². The Morgan fingerprint density at radius 2 is 1.67 bits per heavy atom. The van der Waals surface area contributed by atoms with E-state index in [2.05, 4.69) is 15.6 Å². The molecule has 0 heterocycles. The molecule has 0 radical (unpaired) electrons. The number of hydrogen-bond acceptors (Lipinski definition) is 5. The van der Waals surface area contributed by atoms with Gasteiger partial charge in [-0.1, -0.05) is 29.8 Å². The zero-order valence-corrected chi connectivity index (χ0v) is 19.0. The average Bonchev–Trinajstić information content (AvgIpc) is 2.81. The normalized spacial score (nSPS) is 11.1. The molecule has 0 saturated carbocycles. The number of carbonyl (C=O) groups excluding carboxylic acids is 2. The fourth-order valence-corrected chi connectivity index (χ4v) is 3.99. The zero-order valence-electron chi connectivity index (χ0n) is 17.4. The third kappa shape index (κ3) is 6.83. The fraction of sp³-hybridized carbons (Fsp3) is 0.0435. The summed E-state index contributed by atoms with van der Waals surface area (Å²) in [4.78, 5) is 24.2. The van der Waals surface area contributed by atoms with Crippen LogP contribution in [0.25, 0.3) is 6.08 Å². The Balaban J connectivity index is 1.63. The zero-order chi connectivity index (χ0) is 23.8. The standard InChI is InChI=1S/C23H20ClN3O5S/c1-32-20-11-9-19(10-12-20)27-33(30,31)21-7-3-5-17(15-21)23(29)26-25-22(28)13-8-16-4-2-6-18(24)14-16/h2-15,27H,1H3,(H,25,28)(H,26,29)/b13-8+. The second-order valence-corrected chi connectivity index (χ2v) is 8.81. The maximum absolute atomic E-state index is 12.7. The van der Waals surface area contributed by atoms with Crippen molar-refractivity contribution >= 4 is 45.2 Å². The number of benzene rings is 3. The lowest BCUT2D eigenvalue weighted by atomic mass is 10.2. The summed E-state index contributed by atoms with van der Waals surface area (Å²) in [6.07, 6.45) is 2.76. The minimum absolute atomic E-state index is 0.0479. The van der Waals surface area contributed by atoms with Crippen LogP contribution in [0.4, 0.5) is 5.69 Å².